The van der Waals surface area contributed by atoms with Crippen molar-refractivity contribution in [2.45, 2.75) is 32.2 Å². The standard InChI is InChI=1S/C13H18N4S/c1-9-7-11-12(15-8-16-13(11)18-9)17(6-2-5-14)10-3-4-10/h7-8,10H,2-6,14H2,1H3. The highest BCUT2D eigenvalue weighted by Crippen LogP contribution is 2.36. The largest absolute Gasteiger partial charge is 0.353 e. The average Bonchev–Trinajstić information content (AvgIpc) is 3.11. The number of nitrogens with zero attached hydrogens (tertiary/aromatic N) is 3. The summed E-state index contributed by atoms with van der Waals surface area (Å²) in [4.78, 5) is 13.7. The molecule has 3 rings (SSSR count). The maximum atomic E-state index is 5.63. The zero-order valence-corrected chi connectivity index (χ0v) is 11.4. The molecule has 0 amide bonds. The molecule has 0 unspecified atom stereocenters. The molecule has 0 bridgehead atoms. The number of anilines is 1. The van der Waals surface area contributed by atoms with Crippen LogP contribution in [0.5, 0.6) is 0 Å². The van der Waals surface area contributed by atoms with E-state index in [1.54, 1.807) is 17.7 Å². The zero-order valence-electron chi connectivity index (χ0n) is 10.6. The normalized spacial score (nSPS) is 15.2. The summed E-state index contributed by atoms with van der Waals surface area (Å²) >= 11 is 1.74. The Labute approximate surface area is 111 Å². The molecule has 0 aromatic carbocycles. The molecule has 0 atom stereocenters. The van der Waals surface area contributed by atoms with Crippen LogP contribution in [0, 0.1) is 6.92 Å². The zero-order chi connectivity index (χ0) is 12.5. The molecule has 0 aliphatic heterocycles. The van der Waals surface area contributed by atoms with Gasteiger partial charge in [-0.2, -0.15) is 0 Å². The second-order valence-electron chi connectivity index (χ2n) is 4.84. The Balaban J connectivity index is 1.99. The summed E-state index contributed by atoms with van der Waals surface area (Å²) in [5.41, 5.74) is 5.63. The summed E-state index contributed by atoms with van der Waals surface area (Å²) in [6, 6.07) is 2.86. The predicted molar refractivity (Wildman–Crippen MR) is 76.2 cm³/mol. The molecule has 0 spiro atoms. The van der Waals surface area contributed by atoms with Gasteiger partial charge in [-0.1, -0.05) is 0 Å². The van der Waals surface area contributed by atoms with Crippen molar-refractivity contribution in [2.75, 3.05) is 18.0 Å². The number of hydrogen-bond acceptors (Lipinski definition) is 5. The van der Waals surface area contributed by atoms with E-state index in [4.69, 9.17) is 5.73 Å². The summed E-state index contributed by atoms with van der Waals surface area (Å²) in [6.45, 7) is 3.86. The lowest BCUT2D eigenvalue weighted by Crippen LogP contribution is -2.29. The van der Waals surface area contributed by atoms with Gasteiger partial charge in [0.2, 0.25) is 0 Å². The summed E-state index contributed by atoms with van der Waals surface area (Å²) in [6.07, 6.45) is 5.26. The highest BCUT2D eigenvalue weighted by Gasteiger charge is 2.30. The highest BCUT2D eigenvalue weighted by atomic mass is 32.1. The van der Waals surface area contributed by atoms with Gasteiger partial charge in [0, 0.05) is 17.5 Å². The van der Waals surface area contributed by atoms with Crippen molar-refractivity contribution in [1.82, 2.24) is 9.97 Å². The third kappa shape index (κ3) is 2.20. The molecule has 2 aromatic heterocycles. The number of aromatic nitrogens is 2. The van der Waals surface area contributed by atoms with E-state index in [9.17, 15) is 0 Å². The van der Waals surface area contributed by atoms with Crippen LogP contribution in [0.2, 0.25) is 0 Å². The molecule has 4 nitrogen and oxygen atoms in total. The molecule has 1 saturated carbocycles. The maximum absolute atomic E-state index is 5.63. The van der Waals surface area contributed by atoms with Gasteiger partial charge in [0.15, 0.2) is 0 Å². The molecule has 2 N–H and O–H groups in total. The topological polar surface area (TPSA) is 55.0 Å². The van der Waals surface area contributed by atoms with Crippen LogP contribution in [-0.2, 0) is 0 Å². The van der Waals surface area contributed by atoms with Gasteiger partial charge in [0.1, 0.15) is 17.0 Å². The van der Waals surface area contributed by atoms with E-state index < -0.39 is 0 Å². The SMILES string of the molecule is Cc1cc2c(N(CCCN)C3CC3)ncnc2s1. The Morgan fingerprint density at radius 1 is 1.44 bits per heavy atom. The molecule has 0 radical (unpaired) electrons. The fourth-order valence-electron chi connectivity index (χ4n) is 2.30. The van der Waals surface area contributed by atoms with Crippen LogP contribution in [0.25, 0.3) is 10.2 Å². The Kier molecular flexibility index (Phi) is 3.18. The van der Waals surface area contributed by atoms with E-state index in [-0.39, 0.29) is 0 Å². The molecule has 0 saturated heterocycles. The van der Waals surface area contributed by atoms with Gasteiger partial charge in [-0.25, -0.2) is 9.97 Å². The minimum atomic E-state index is 0.662. The van der Waals surface area contributed by atoms with Crippen molar-refractivity contribution >= 4 is 27.4 Å². The molecule has 18 heavy (non-hydrogen) atoms. The lowest BCUT2D eigenvalue weighted by molar-refractivity contribution is 0.725. The fraction of sp³-hybridized carbons (Fsp3) is 0.538. The highest BCUT2D eigenvalue weighted by molar-refractivity contribution is 7.18. The van der Waals surface area contributed by atoms with Gasteiger partial charge < -0.3 is 10.6 Å². The van der Waals surface area contributed by atoms with Crippen molar-refractivity contribution in [1.29, 1.82) is 0 Å². The van der Waals surface area contributed by atoms with Crippen LogP contribution in [-0.4, -0.2) is 29.1 Å². The van der Waals surface area contributed by atoms with E-state index in [0.29, 0.717) is 6.04 Å². The molecule has 5 heteroatoms. The lowest BCUT2D eigenvalue weighted by Gasteiger charge is -2.23. The van der Waals surface area contributed by atoms with E-state index >= 15 is 0 Å². The van der Waals surface area contributed by atoms with Crippen molar-refractivity contribution in [3.05, 3.63) is 17.3 Å². The maximum Gasteiger partial charge on any atom is 0.141 e. The van der Waals surface area contributed by atoms with Gasteiger partial charge in [0.05, 0.1) is 5.39 Å². The molecule has 1 fully saturated rings. The molecule has 1 aliphatic rings. The molecule has 2 aromatic rings. The fourth-order valence-corrected chi connectivity index (χ4v) is 3.14. The number of hydrogen-bond donors (Lipinski definition) is 1. The van der Waals surface area contributed by atoms with Crippen molar-refractivity contribution in [2.24, 2.45) is 5.73 Å². The molecule has 2 heterocycles. The molecular formula is C13H18N4S. The Morgan fingerprint density at radius 2 is 2.28 bits per heavy atom. The Hall–Kier alpha value is -1.20. The summed E-state index contributed by atoms with van der Waals surface area (Å²) in [5.74, 6) is 1.10. The summed E-state index contributed by atoms with van der Waals surface area (Å²) in [7, 11) is 0. The molecule has 96 valence electrons. The molecule has 1 aliphatic carbocycles. The van der Waals surface area contributed by atoms with Gasteiger partial charge >= 0.3 is 0 Å². The summed E-state index contributed by atoms with van der Waals surface area (Å²) in [5, 5.41) is 1.20. The first-order valence-corrected chi connectivity index (χ1v) is 7.29. The quantitative estimate of drug-likeness (QED) is 0.898. The van der Waals surface area contributed by atoms with E-state index in [2.05, 4.69) is 27.9 Å². The van der Waals surface area contributed by atoms with Crippen molar-refractivity contribution in [3.8, 4) is 0 Å². The number of aryl methyl sites for hydroxylation is 1. The number of fused-ring (bicyclic) bond motifs is 1. The van der Waals surface area contributed by atoms with Crippen molar-refractivity contribution < 1.29 is 0 Å². The monoisotopic (exact) mass is 262 g/mol. The lowest BCUT2D eigenvalue weighted by atomic mass is 10.3. The number of nitrogens with two attached hydrogens (primary N) is 1. The van der Waals surface area contributed by atoms with Gasteiger partial charge in [-0.15, -0.1) is 11.3 Å². The number of thiophene rings is 1. The second-order valence-corrected chi connectivity index (χ2v) is 6.07. The van der Waals surface area contributed by atoms with Crippen LogP contribution in [0.15, 0.2) is 12.4 Å². The third-order valence-corrected chi connectivity index (χ3v) is 4.25. The van der Waals surface area contributed by atoms with Crippen LogP contribution < -0.4 is 10.6 Å². The predicted octanol–water partition coefficient (Wildman–Crippen LogP) is 2.32. The Morgan fingerprint density at radius 3 is 3.00 bits per heavy atom. The smallest absolute Gasteiger partial charge is 0.141 e. The minimum absolute atomic E-state index is 0.662. The van der Waals surface area contributed by atoms with Crippen LogP contribution in [0.4, 0.5) is 5.82 Å². The van der Waals surface area contributed by atoms with E-state index in [0.717, 1.165) is 30.2 Å². The average molecular weight is 262 g/mol. The van der Waals surface area contributed by atoms with Gasteiger partial charge in [0.25, 0.3) is 0 Å². The Bertz CT molecular complexity index is 547. The second kappa shape index (κ2) is 4.82. The minimum Gasteiger partial charge on any atom is -0.353 e. The van der Waals surface area contributed by atoms with Gasteiger partial charge in [-0.05, 0) is 38.8 Å². The molecular weight excluding hydrogens is 244 g/mol. The third-order valence-electron chi connectivity index (χ3n) is 3.29. The van der Waals surface area contributed by atoms with E-state index in [1.165, 1.54) is 23.1 Å². The first-order chi connectivity index (χ1) is 8.79. The van der Waals surface area contributed by atoms with Crippen LogP contribution >= 0.6 is 11.3 Å². The summed E-state index contributed by atoms with van der Waals surface area (Å²) < 4.78 is 0. The van der Waals surface area contributed by atoms with Crippen molar-refractivity contribution in [3.63, 3.8) is 0 Å². The number of rotatable bonds is 5. The van der Waals surface area contributed by atoms with Crippen LogP contribution in [0.3, 0.4) is 0 Å². The first-order valence-electron chi connectivity index (χ1n) is 6.47. The van der Waals surface area contributed by atoms with Gasteiger partial charge in [-0.3, -0.25) is 0 Å². The first kappa shape index (κ1) is 11.9. The van der Waals surface area contributed by atoms with E-state index in [1.807, 2.05) is 0 Å². The van der Waals surface area contributed by atoms with Crippen LogP contribution in [0.1, 0.15) is 24.1 Å².